The Hall–Kier alpha value is -2.88. The molecule has 0 unspecified atom stereocenters. The molecule has 0 radical (unpaired) electrons. The SMILES string of the molecule is Cc1cc(C)c(NC(=O)C(=O)c2c[nH]c3ccccc23)cc1C. The van der Waals surface area contributed by atoms with E-state index in [1.165, 1.54) is 0 Å². The Morgan fingerprint density at radius 1 is 0.957 bits per heavy atom. The van der Waals surface area contributed by atoms with E-state index in [1.807, 2.05) is 57.2 Å². The largest absolute Gasteiger partial charge is 0.360 e. The van der Waals surface area contributed by atoms with Crippen LogP contribution >= 0.6 is 0 Å². The van der Waals surface area contributed by atoms with Crippen molar-refractivity contribution in [2.24, 2.45) is 0 Å². The van der Waals surface area contributed by atoms with Crippen LogP contribution in [0.2, 0.25) is 0 Å². The average Bonchev–Trinajstić information content (AvgIpc) is 2.95. The second-order valence-electron chi connectivity index (χ2n) is 5.78. The molecule has 3 rings (SSSR count). The van der Waals surface area contributed by atoms with E-state index in [2.05, 4.69) is 10.3 Å². The molecule has 1 amide bonds. The molecule has 4 nitrogen and oxygen atoms in total. The Kier molecular flexibility index (Phi) is 3.74. The van der Waals surface area contributed by atoms with E-state index in [1.54, 1.807) is 6.20 Å². The van der Waals surface area contributed by atoms with Crippen LogP contribution in [0.3, 0.4) is 0 Å². The molecular formula is C19H18N2O2. The van der Waals surface area contributed by atoms with Crippen LogP contribution in [0.25, 0.3) is 10.9 Å². The van der Waals surface area contributed by atoms with E-state index < -0.39 is 11.7 Å². The molecular weight excluding hydrogens is 288 g/mol. The number of carbonyl (C=O) groups is 2. The van der Waals surface area contributed by atoms with Crippen molar-refractivity contribution in [2.45, 2.75) is 20.8 Å². The van der Waals surface area contributed by atoms with Crippen molar-refractivity contribution in [3.8, 4) is 0 Å². The molecule has 3 aromatic rings. The number of fused-ring (bicyclic) bond motifs is 1. The second kappa shape index (κ2) is 5.72. The van der Waals surface area contributed by atoms with Crippen LogP contribution in [0.1, 0.15) is 27.0 Å². The van der Waals surface area contributed by atoms with Gasteiger partial charge >= 0.3 is 0 Å². The smallest absolute Gasteiger partial charge is 0.296 e. The molecule has 2 N–H and O–H groups in total. The van der Waals surface area contributed by atoms with Crippen LogP contribution in [-0.4, -0.2) is 16.7 Å². The number of amides is 1. The number of rotatable bonds is 3. The molecule has 0 aliphatic carbocycles. The Bertz CT molecular complexity index is 922. The minimum Gasteiger partial charge on any atom is -0.360 e. The van der Waals surface area contributed by atoms with Crippen LogP contribution in [0.15, 0.2) is 42.6 Å². The van der Waals surface area contributed by atoms with Gasteiger partial charge in [0.1, 0.15) is 0 Å². The van der Waals surface area contributed by atoms with E-state index in [-0.39, 0.29) is 0 Å². The molecule has 0 atom stereocenters. The van der Waals surface area contributed by atoms with Crippen LogP contribution in [0, 0.1) is 20.8 Å². The van der Waals surface area contributed by atoms with E-state index in [4.69, 9.17) is 0 Å². The van der Waals surface area contributed by atoms with E-state index in [0.29, 0.717) is 11.3 Å². The third-order valence-electron chi connectivity index (χ3n) is 4.13. The zero-order chi connectivity index (χ0) is 16.6. The fourth-order valence-electron chi connectivity index (χ4n) is 2.66. The van der Waals surface area contributed by atoms with Gasteiger partial charge in [-0.2, -0.15) is 0 Å². The predicted molar refractivity (Wildman–Crippen MR) is 91.9 cm³/mol. The summed E-state index contributed by atoms with van der Waals surface area (Å²) in [5, 5.41) is 3.48. The summed E-state index contributed by atoms with van der Waals surface area (Å²) in [6, 6.07) is 11.3. The predicted octanol–water partition coefficient (Wildman–Crippen LogP) is 3.91. The first-order chi connectivity index (χ1) is 11.0. The van der Waals surface area contributed by atoms with Gasteiger partial charge in [-0.05, 0) is 49.6 Å². The number of aryl methyl sites for hydroxylation is 3. The summed E-state index contributed by atoms with van der Waals surface area (Å²) in [6.07, 6.45) is 1.58. The molecule has 1 heterocycles. The van der Waals surface area contributed by atoms with Gasteiger partial charge in [0.15, 0.2) is 0 Å². The normalized spacial score (nSPS) is 10.7. The number of aromatic nitrogens is 1. The summed E-state index contributed by atoms with van der Waals surface area (Å²) in [5.41, 5.74) is 5.07. The summed E-state index contributed by atoms with van der Waals surface area (Å²) < 4.78 is 0. The number of H-pyrrole nitrogens is 1. The maximum absolute atomic E-state index is 12.5. The van der Waals surface area contributed by atoms with Crippen molar-refractivity contribution in [1.82, 2.24) is 4.98 Å². The first-order valence-corrected chi connectivity index (χ1v) is 7.47. The molecule has 4 heteroatoms. The first-order valence-electron chi connectivity index (χ1n) is 7.47. The van der Waals surface area contributed by atoms with Gasteiger partial charge in [0, 0.05) is 22.8 Å². The third-order valence-corrected chi connectivity index (χ3v) is 4.13. The lowest BCUT2D eigenvalue weighted by atomic mass is 10.0. The molecule has 0 bridgehead atoms. The summed E-state index contributed by atoms with van der Waals surface area (Å²) in [4.78, 5) is 27.8. The van der Waals surface area contributed by atoms with Crippen LogP contribution in [-0.2, 0) is 4.79 Å². The van der Waals surface area contributed by atoms with Gasteiger partial charge in [0.25, 0.3) is 11.7 Å². The highest BCUT2D eigenvalue weighted by Crippen LogP contribution is 2.22. The molecule has 0 fully saturated rings. The zero-order valence-corrected chi connectivity index (χ0v) is 13.4. The number of ketones is 1. The summed E-state index contributed by atoms with van der Waals surface area (Å²) in [5.74, 6) is -1.17. The van der Waals surface area contributed by atoms with Crippen LogP contribution < -0.4 is 5.32 Å². The maximum atomic E-state index is 12.5. The van der Waals surface area contributed by atoms with Gasteiger partial charge in [-0.1, -0.05) is 24.3 Å². The maximum Gasteiger partial charge on any atom is 0.296 e. The van der Waals surface area contributed by atoms with Gasteiger partial charge in [0.2, 0.25) is 0 Å². The van der Waals surface area contributed by atoms with Crippen molar-refractivity contribution in [2.75, 3.05) is 5.32 Å². The number of benzene rings is 2. The van der Waals surface area contributed by atoms with Crippen molar-refractivity contribution < 1.29 is 9.59 Å². The van der Waals surface area contributed by atoms with E-state index in [9.17, 15) is 9.59 Å². The number of hydrogen-bond acceptors (Lipinski definition) is 2. The number of Topliss-reactive ketones (excluding diaryl/α,β-unsaturated/α-hetero) is 1. The lowest BCUT2D eigenvalue weighted by molar-refractivity contribution is -0.112. The Labute approximate surface area is 134 Å². The molecule has 116 valence electrons. The summed E-state index contributed by atoms with van der Waals surface area (Å²) >= 11 is 0. The van der Waals surface area contributed by atoms with Crippen molar-refractivity contribution in [3.05, 3.63) is 64.8 Å². The van der Waals surface area contributed by atoms with E-state index >= 15 is 0 Å². The Morgan fingerprint density at radius 3 is 2.43 bits per heavy atom. The molecule has 0 saturated heterocycles. The van der Waals surface area contributed by atoms with Crippen molar-refractivity contribution in [3.63, 3.8) is 0 Å². The standard InChI is InChI=1S/C19H18N2O2/c1-11-8-13(3)17(9-12(11)2)21-19(23)18(22)15-10-20-16-7-5-4-6-14(15)16/h4-10,20H,1-3H3,(H,21,23). The quantitative estimate of drug-likeness (QED) is 0.569. The number of hydrogen-bond donors (Lipinski definition) is 2. The van der Waals surface area contributed by atoms with Gasteiger partial charge in [-0.15, -0.1) is 0 Å². The summed E-state index contributed by atoms with van der Waals surface area (Å²) in [6.45, 7) is 5.91. The molecule has 0 aliphatic rings. The number of aromatic amines is 1. The molecule has 1 aromatic heterocycles. The van der Waals surface area contributed by atoms with Gasteiger partial charge in [-0.25, -0.2) is 0 Å². The number of carbonyl (C=O) groups excluding carboxylic acids is 2. The molecule has 2 aromatic carbocycles. The fraction of sp³-hybridized carbons (Fsp3) is 0.158. The van der Waals surface area contributed by atoms with Crippen molar-refractivity contribution in [1.29, 1.82) is 0 Å². The lowest BCUT2D eigenvalue weighted by Crippen LogP contribution is -2.23. The third kappa shape index (κ3) is 2.75. The van der Waals surface area contributed by atoms with Gasteiger partial charge in [0.05, 0.1) is 5.56 Å². The van der Waals surface area contributed by atoms with Crippen LogP contribution in [0.4, 0.5) is 5.69 Å². The highest BCUT2D eigenvalue weighted by Gasteiger charge is 2.20. The molecule has 23 heavy (non-hydrogen) atoms. The highest BCUT2D eigenvalue weighted by molar-refractivity contribution is 6.48. The number of anilines is 1. The lowest BCUT2D eigenvalue weighted by Gasteiger charge is -2.10. The zero-order valence-electron chi connectivity index (χ0n) is 13.4. The fourth-order valence-corrected chi connectivity index (χ4v) is 2.66. The molecule has 0 saturated carbocycles. The van der Waals surface area contributed by atoms with Gasteiger partial charge < -0.3 is 10.3 Å². The highest BCUT2D eigenvalue weighted by atomic mass is 16.2. The van der Waals surface area contributed by atoms with Crippen LogP contribution in [0.5, 0.6) is 0 Å². The second-order valence-corrected chi connectivity index (χ2v) is 5.78. The number of nitrogens with one attached hydrogen (secondary N) is 2. The van der Waals surface area contributed by atoms with Gasteiger partial charge in [-0.3, -0.25) is 9.59 Å². The van der Waals surface area contributed by atoms with Crippen molar-refractivity contribution >= 4 is 28.3 Å². The summed E-state index contributed by atoms with van der Waals surface area (Å²) in [7, 11) is 0. The Balaban J connectivity index is 1.89. The average molecular weight is 306 g/mol. The molecule has 0 spiro atoms. The van der Waals surface area contributed by atoms with E-state index in [0.717, 1.165) is 27.6 Å². The topological polar surface area (TPSA) is 62.0 Å². The minimum absolute atomic E-state index is 0.389. The first kappa shape index (κ1) is 15.0. The Morgan fingerprint density at radius 2 is 1.65 bits per heavy atom. The molecule has 0 aliphatic heterocycles. The monoisotopic (exact) mass is 306 g/mol. The minimum atomic E-state index is -0.624. The number of para-hydroxylation sites is 1.